The van der Waals surface area contributed by atoms with Gasteiger partial charge >= 0.3 is 0 Å². The van der Waals surface area contributed by atoms with Crippen molar-refractivity contribution < 1.29 is 8.42 Å². The molecule has 0 spiro atoms. The minimum Gasteiger partial charge on any atom is -0.332 e. The zero-order valence-corrected chi connectivity index (χ0v) is 14.8. The predicted octanol–water partition coefficient (Wildman–Crippen LogP) is 3.37. The molecule has 0 fully saturated rings. The molecular formula is C17H18ClN3O2S. The Morgan fingerprint density at radius 3 is 2.88 bits per heavy atom. The van der Waals surface area contributed by atoms with E-state index in [1.807, 2.05) is 29.0 Å². The number of hydrogen-bond acceptors (Lipinski definition) is 3. The molecule has 7 heteroatoms. The molecule has 2 heterocycles. The molecule has 0 aliphatic rings. The number of fused-ring (bicyclic) bond motifs is 1. The fourth-order valence-corrected chi connectivity index (χ4v) is 4.18. The van der Waals surface area contributed by atoms with Crippen LogP contribution in [0.4, 0.5) is 0 Å². The number of hydrogen-bond donors (Lipinski definition) is 1. The maximum absolute atomic E-state index is 12.4. The highest BCUT2D eigenvalue weighted by atomic mass is 35.5. The van der Waals surface area contributed by atoms with Crippen LogP contribution < -0.4 is 4.72 Å². The Balaban J connectivity index is 1.63. The molecule has 5 nitrogen and oxygen atoms in total. The minimum absolute atomic E-state index is 0.225. The summed E-state index contributed by atoms with van der Waals surface area (Å²) < 4.78 is 29.4. The lowest BCUT2D eigenvalue weighted by atomic mass is 10.2. The monoisotopic (exact) mass is 363 g/mol. The first-order valence-electron chi connectivity index (χ1n) is 7.64. The van der Waals surface area contributed by atoms with Gasteiger partial charge in [0.15, 0.2) is 0 Å². The molecule has 0 radical (unpaired) electrons. The molecule has 1 N–H and O–H groups in total. The topological polar surface area (TPSA) is 64.0 Å². The van der Waals surface area contributed by atoms with Crippen LogP contribution in [0.5, 0.6) is 0 Å². The summed E-state index contributed by atoms with van der Waals surface area (Å²) in [6.07, 6.45) is 4.38. The van der Waals surface area contributed by atoms with Crippen molar-refractivity contribution in [2.45, 2.75) is 24.8 Å². The fraction of sp³-hybridized carbons (Fsp3) is 0.235. The highest BCUT2D eigenvalue weighted by Crippen LogP contribution is 2.22. The van der Waals surface area contributed by atoms with E-state index in [2.05, 4.69) is 9.71 Å². The van der Waals surface area contributed by atoms with Crippen molar-refractivity contribution in [2.24, 2.45) is 0 Å². The number of aryl methyl sites for hydroxylation is 1. The average molecular weight is 364 g/mol. The zero-order valence-electron chi connectivity index (χ0n) is 13.2. The Labute approximate surface area is 146 Å². The van der Waals surface area contributed by atoms with Gasteiger partial charge in [0.1, 0.15) is 5.65 Å². The molecule has 0 unspecified atom stereocenters. The van der Waals surface area contributed by atoms with Crippen molar-refractivity contribution >= 4 is 32.7 Å². The molecule has 24 heavy (non-hydrogen) atoms. The van der Waals surface area contributed by atoms with E-state index in [0.29, 0.717) is 30.1 Å². The van der Waals surface area contributed by atoms with Crippen LogP contribution in [0.2, 0.25) is 5.02 Å². The lowest BCUT2D eigenvalue weighted by molar-refractivity contribution is 0.571. The number of pyridine rings is 1. The van der Waals surface area contributed by atoms with Crippen LogP contribution in [0, 0.1) is 6.92 Å². The van der Waals surface area contributed by atoms with Crippen LogP contribution in [0.3, 0.4) is 0 Å². The quantitative estimate of drug-likeness (QED) is 0.683. The summed E-state index contributed by atoms with van der Waals surface area (Å²) in [4.78, 5) is 4.57. The normalized spacial score (nSPS) is 11.9. The van der Waals surface area contributed by atoms with Crippen LogP contribution in [0.25, 0.3) is 11.0 Å². The molecule has 126 valence electrons. The Morgan fingerprint density at radius 2 is 2.04 bits per heavy atom. The number of benzene rings is 1. The summed E-state index contributed by atoms with van der Waals surface area (Å²) in [5.41, 5.74) is 1.47. The van der Waals surface area contributed by atoms with E-state index in [9.17, 15) is 8.42 Å². The Hall–Kier alpha value is -1.89. The molecule has 3 aromatic rings. The maximum Gasteiger partial charge on any atom is 0.240 e. The summed E-state index contributed by atoms with van der Waals surface area (Å²) in [5.74, 6) is 0. The number of halogens is 1. The number of rotatable bonds is 6. The van der Waals surface area contributed by atoms with E-state index in [-0.39, 0.29) is 4.90 Å². The summed E-state index contributed by atoms with van der Waals surface area (Å²) in [6.45, 7) is 2.74. The standard InChI is InChI=1S/C17H18ClN3O2S/c1-13-15(18)6-2-7-16(13)24(22,23)20-10-4-11-21-12-8-14-5-3-9-19-17(14)21/h2-3,5-9,12,20H,4,10-11H2,1H3. The van der Waals surface area contributed by atoms with E-state index in [1.165, 1.54) is 0 Å². The number of aromatic nitrogens is 2. The van der Waals surface area contributed by atoms with Gasteiger partial charge in [-0.25, -0.2) is 18.1 Å². The highest BCUT2D eigenvalue weighted by Gasteiger charge is 2.17. The van der Waals surface area contributed by atoms with Crippen LogP contribution in [0.1, 0.15) is 12.0 Å². The van der Waals surface area contributed by atoms with Gasteiger partial charge in [-0.1, -0.05) is 17.7 Å². The van der Waals surface area contributed by atoms with Gasteiger partial charge in [-0.3, -0.25) is 0 Å². The van der Waals surface area contributed by atoms with Crippen LogP contribution >= 0.6 is 11.6 Å². The summed E-state index contributed by atoms with van der Waals surface area (Å²) in [5, 5.41) is 1.52. The minimum atomic E-state index is -3.56. The first-order valence-corrected chi connectivity index (χ1v) is 9.50. The molecule has 0 aliphatic carbocycles. The largest absolute Gasteiger partial charge is 0.332 e. The predicted molar refractivity (Wildman–Crippen MR) is 95.7 cm³/mol. The molecule has 0 amide bonds. The third-order valence-corrected chi connectivity index (χ3v) is 5.91. The third-order valence-electron chi connectivity index (χ3n) is 3.90. The van der Waals surface area contributed by atoms with Gasteiger partial charge in [-0.15, -0.1) is 0 Å². The summed E-state index contributed by atoms with van der Waals surface area (Å²) in [6, 6.07) is 10.8. The van der Waals surface area contributed by atoms with E-state index < -0.39 is 10.0 Å². The molecule has 0 saturated carbocycles. The number of sulfonamides is 1. The smallest absolute Gasteiger partial charge is 0.240 e. The van der Waals surface area contributed by atoms with Crippen molar-refractivity contribution in [2.75, 3.05) is 6.54 Å². The second kappa shape index (κ2) is 6.93. The van der Waals surface area contributed by atoms with Gasteiger partial charge < -0.3 is 4.57 Å². The summed E-state index contributed by atoms with van der Waals surface area (Å²) >= 11 is 6.00. The van der Waals surface area contributed by atoms with Gasteiger partial charge in [-0.05, 0) is 49.2 Å². The first kappa shape index (κ1) is 17.0. The van der Waals surface area contributed by atoms with Gasteiger partial charge in [0.05, 0.1) is 4.90 Å². The second-order valence-corrected chi connectivity index (χ2v) is 7.68. The number of nitrogens with one attached hydrogen (secondary N) is 1. The molecule has 0 saturated heterocycles. The third kappa shape index (κ3) is 3.45. The maximum atomic E-state index is 12.4. The highest BCUT2D eigenvalue weighted by molar-refractivity contribution is 7.89. The molecule has 0 aliphatic heterocycles. The van der Waals surface area contributed by atoms with Gasteiger partial charge in [0.25, 0.3) is 0 Å². The SMILES string of the molecule is Cc1c(Cl)cccc1S(=O)(=O)NCCCn1ccc2cccnc21. The van der Waals surface area contributed by atoms with Crippen molar-refractivity contribution in [3.8, 4) is 0 Å². The zero-order chi connectivity index (χ0) is 17.2. The molecule has 0 atom stereocenters. The second-order valence-electron chi connectivity index (χ2n) is 5.54. The molecule has 3 rings (SSSR count). The molecular weight excluding hydrogens is 346 g/mol. The van der Waals surface area contributed by atoms with Crippen molar-refractivity contribution in [1.82, 2.24) is 14.3 Å². The van der Waals surface area contributed by atoms with Crippen LogP contribution in [0.15, 0.2) is 53.7 Å². The van der Waals surface area contributed by atoms with E-state index in [0.717, 1.165) is 11.0 Å². The number of nitrogens with zero attached hydrogens (tertiary/aromatic N) is 2. The molecule has 1 aromatic carbocycles. The lowest BCUT2D eigenvalue weighted by Crippen LogP contribution is -2.26. The van der Waals surface area contributed by atoms with Crippen molar-refractivity contribution in [3.63, 3.8) is 0 Å². The Bertz CT molecular complexity index is 967. The van der Waals surface area contributed by atoms with Crippen LogP contribution in [-0.4, -0.2) is 24.5 Å². The van der Waals surface area contributed by atoms with Crippen molar-refractivity contribution in [3.05, 3.63) is 59.4 Å². The lowest BCUT2D eigenvalue weighted by Gasteiger charge is -2.10. The summed E-state index contributed by atoms with van der Waals surface area (Å²) in [7, 11) is -3.56. The van der Waals surface area contributed by atoms with Gasteiger partial charge in [0, 0.05) is 35.9 Å². The molecule has 2 aromatic heterocycles. The fourth-order valence-electron chi connectivity index (χ4n) is 2.61. The van der Waals surface area contributed by atoms with E-state index >= 15 is 0 Å². The van der Waals surface area contributed by atoms with Crippen LogP contribution in [-0.2, 0) is 16.6 Å². The van der Waals surface area contributed by atoms with E-state index in [1.54, 1.807) is 31.3 Å². The average Bonchev–Trinajstić information content (AvgIpc) is 2.97. The van der Waals surface area contributed by atoms with E-state index in [4.69, 9.17) is 11.6 Å². The van der Waals surface area contributed by atoms with Gasteiger partial charge in [0.2, 0.25) is 10.0 Å². The molecule has 0 bridgehead atoms. The Kier molecular flexibility index (Phi) is 4.89. The van der Waals surface area contributed by atoms with Crippen molar-refractivity contribution in [1.29, 1.82) is 0 Å². The Morgan fingerprint density at radius 1 is 1.21 bits per heavy atom. The first-order chi connectivity index (χ1) is 11.5. The van der Waals surface area contributed by atoms with Gasteiger partial charge in [-0.2, -0.15) is 0 Å².